The largest absolute Gasteiger partial charge is 0.432 e. The zero-order chi connectivity index (χ0) is 11.8. The van der Waals surface area contributed by atoms with Gasteiger partial charge in [-0.3, -0.25) is 5.10 Å². The van der Waals surface area contributed by atoms with Crippen LogP contribution < -0.4 is 0 Å². The van der Waals surface area contributed by atoms with Crippen molar-refractivity contribution >= 4 is 15.9 Å². The van der Waals surface area contributed by atoms with Crippen LogP contribution in [-0.4, -0.2) is 15.2 Å². The third-order valence-corrected chi connectivity index (χ3v) is 2.30. The number of H-pyrrole nitrogens is 1. The summed E-state index contributed by atoms with van der Waals surface area (Å²) in [4.78, 5) is 4.01. The molecule has 2 heterocycles. The molecule has 0 saturated carbocycles. The van der Waals surface area contributed by atoms with Gasteiger partial charge in [-0.05, 0) is 34.1 Å². The topological polar surface area (TPSA) is 41.6 Å². The molecule has 0 radical (unpaired) electrons. The van der Waals surface area contributed by atoms with Gasteiger partial charge in [-0.1, -0.05) is 6.07 Å². The van der Waals surface area contributed by atoms with Gasteiger partial charge in [0.25, 0.3) is 0 Å². The van der Waals surface area contributed by atoms with Crippen LogP contribution in [0.4, 0.5) is 13.2 Å². The van der Waals surface area contributed by atoms with Crippen molar-refractivity contribution in [3.63, 3.8) is 0 Å². The molecule has 16 heavy (non-hydrogen) atoms. The number of aromatic amines is 1. The zero-order valence-electron chi connectivity index (χ0n) is 7.72. The first kappa shape index (κ1) is 11.1. The number of hydrogen-bond donors (Lipinski definition) is 1. The summed E-state index contributed by atoms with van der Waals surface area (Å²) in [5.74, 6) is 0. The van der Waals surface area contributed by atoms with Gasteiger partial charge in [-0.15, -0.1) is 0 Å². The van der Waals surface area contributed by atoms with Gasteiger partial charge in [0.2, 0.25) is 0 Å². The summed E-state index contributed by atoms with van der Waals surface area (Å²) in [6.07, 6.45) is -4.42. The normalized spacial score (nSPS) is 11.8. The SMILES string of the molecule is FC(F)(F)c1cc(-c2cccc(Br)n2)n[nH]1. The number of nitrogens with zero attached hydrogens (tertiary/aromatic N) is 2. The number of pyridine rings is 1. The van der Waals surface area contributed by atoms with E-state index in [0.717, 1.165) is 6.07 Å². The maximum Gasteiger partial charge on any atom is 0.432 e. The molecule has 0 unspecified atom stereocenters. The molecule has 2 aromatic rings. The summed E-state index contributed by atoms with van der Waals surface area (Å²) in [6, 6.07) is 5.87. The molecular weight excluding hydrogens is 287 g/mol. The predicted octanol–water partition coefficient (Wildman–Crippen LogP) is 3.25. The Hall–Kier alpha value is -1.37. The van der Waals surface area contributed by atoms with E-state index in [1.165, 1.54) is 0 Å². The molecule has 0 aliphatic heterocycles. The standard InChI is InChI=1S/C9H5BrF3N3/c10-8-3-1-2-5(14-8)6-4-7(16-15-6)9(11,12)13/h1-4H,(H,15,16). The Morgan fingerprint density at radius 1 is 1.19 bits per heavy atom. The maximum absolute atomic E-state index is 12.3. The second-order valence-electron chi connectivity index (χ2n) is 3.01. The molecule has 7 heteroatoms. The molecule has 0 aromatic carbocycles. The van der Waals surface area contributed by atoms with Crippen LogP contribution in [0.2, 0.25) is 0 Å². The van der Waals surface area contributed by atoms with E-state index >= 15 is 0 Å². The fraction of sp³-hybridized carbons (Fsp3) is 0.111. The number of hydrogen-bond acceptors (Lipinski definition) is 2. The van der Waals surface area contributed by atoms with Crippen LogP contribution in [0.1, 0.15) is 5.69 Å². The molecule has 0 aliphatic carbocycles. The summed E-state index contributed by atoms with van der Waals surface area (Å²) in [5, 5.41) is 5.50. The third-order valence-electron chi connectivity index (χ3n) is 1.86. The summed E-state index contributed by atoms with van der Waals surface area (Å²) in [7, 11) is 0. The van der Waals surface area contributed by atoms with Crippen molar-refractivity contribution in [2.75, 3.05) is 0 Å². The maximum atomic E-state index is 12.3. The Morgan fingerprint density at radius 3 is 2.50 bits per heavy atom. The summed E-state index contributed by atoms with van der Waals surface area (Å²) >= 11 is 3.13. The highest BCUT2D eigenvalue weighted by Crippen LogP contribution is 2.29. The second-order valence-corrected chi connectivity index (χ2v) is 3.82. The zero-order valence-corrected chi connectivity index (χ0v) is 9.30. The molecule has 0 amide bonds. The van der Waals surface area contributed by atoms with Gasteiger partial charge >= 0.3 is 6.18 Å². The molecular formula is C9H5BrF3N3. The molecule has 0 spiro atoms. The molecule has 84 valence electrons. The second kappa shape index (κ2) is 3.89. The molecule has 2 aromatic heterocycles. The summed E-state index contributed by atoms with van der Waals surface area (Å²) < 4.78 is 37.4. The van der Waals surface area contributed by atoms with Gasteiger partial charge in [0.05, 0.1) is 5.69 Å². The molecule has 0 bridgehead atoms. The lowest BCUT2D eigenvalue weighted by Gasteiger charge is -1.99. The van der Waals surface area contributed by atoms with E-state index in [4.69, 9.17) is 0 Å². The molecule has 2 rings (SSSR count). The number of alkyl halides is 3. The van der Waals surface area contributed by atoms with E-state index in [2.05, 4.69) is 26.0 Å². The van der Waals surface area contributed by atoms with Crippen molar-refractivity contribution in [1.82, 2.24) is 15.2 Å². The number of aromatic nitrogens is 3. The van der Waals surface area contributed by atoms with Crippen LogP contribution in [-0.2, 0) is 6.18 Å². The van der Waals surface area contributed by atoms with Crippen LogP contribution in [0.25, 0.3) is 11.4 Å². The van der Waals surface area contributed by atoms with Crippen molar-refractivity contribution in [1.29, 1.82) is 0 Å². The third kappa shape index (κ3) is 2.24. The van der Waals surface area contributed by atoms with Crippen LogP contribution in [0, 0.1) is 0 Å². The van der Waals surface area contributed by atoms with Crippen molar-refractivity contribution in [2.24, 2.45) is 0 Å². The van der Waals surface area contributed by atoms with E-state index in [0.29, 0.717) is 10.3 Å². The Kier molecular flexibility index (Phi) is 2.71. The Labute approximate surface area is 96.8 Å². The first-order valence-corrected chi connectivity index (χ1v) is 5.01. The molecule has 0 aliphatic rings. The van der Waals surface area contributed by atoms with Crippen LogP contribution in [0.15, 0.2) is 28.9 Å². The molecule has 0 saturated heterocycles. The number of rotatable bonds is 1. The molecule has 1 N–H and O–H groups in total. The fourth-order valence-electron chi connectivity index (χ4n) is 1.15. The van der Waals surface area contributed by atoms with Crippen molar-refractivity contribution in [2.45, 2.75) is 6.18 Å². The first-order valence-electron chi connectivity index (χ1n) is 4.22. The number of halogens is 4. The highest BCUT2D eigenvalue weighted by Gasteiger charge is 2.33. The van der Waals surface area contributed by atoms with Gasteiger partial charge in [0.1, 0.15) is 16.0 Å². The van der Waals surface area contributed by atoms with Gasteiger partial charge in [0, 0.05) is 0 Å². The van der Waals surface area contributed by atoms with E-state index in [-0.39, 0.29) is 5.69 Å². The molecule has 0 fully saturated rings. The molecule has 0 atom stereocenters. The smallest absolute Gasteiger partial charge is 0.273 e. The summed E-state index contributed by atoms with van der Waals surface area (Å²) in [5.41, 5.74) is -0.348. The van der Waals surface area contributed by atoms with Gasteiger partial charge in [-0.25, -0.2) is 4.98 Å². The lowest BCUT2D eigenvalue weighted by molar-refractivity contribution is -0.141. The van der Waals surface area contributed by atoms with Gasteiger partial charge in [0.15, 0.2) is 0 Å². The van der Waals surface area contributed by atoms with Crippen LogP contribution in [0.3, 0.4) is 0 Å². The van der Waals surface area contributed by atoms with Gasteiger partial charge in [-0.2, -0.15) is 18.3 Å². The quantitative estimate of drug-likeness (QED) is 0.820. The first-order chi connectivity index (χ1) is 7.47. The molecule has 3 nitrogen and oxygen atoms in total. The van der Waals surface area contributed by atoms with Crippen molar-refractivity contribution < 1.29 is 13.2 Å². The Balaban J connectivity index is 2.39. The van der Waals surface area contributed by atoms with Crippen molar-refractivity contribution in [3.05, 3.63) is 34.6 Å². The highest BCUT2D eigenvalue weighted by atomic mass is 79.9. The number of nitrogens with one attached hydrogen (secondary N) is 1. The van der Waals surface area contributed by atoms with Crippen molar-refractivity contribution in [3.8, 4) is 11.4 Å². The summed E-state index contributed by atoms with van der Waals surface area (Å²) in [6.45, 7) is 0. The fourth-order valence-corrected chi connectivity index (χ4v) is 1.49. The predicted molar refractivity (Wildman–Crippen MR) is 54.5 cm³/mol. The lowest BCUT2D eigenvalue weighted by atomic mass is 10.2. The highest BCUT2D eigenvalue weighted by molar-refractivity contribution is 9.10. The minimum Gasteiger partial charge on any atom is -0.273 e. The van der Waals surface area contributed by atoms with E-state index in [1.807, 2.05) is 5.10 Å². The monoisotopic (exact) mass is 291 g/mol. The minimum atomic E-state index is -4.42. The average Bonchev–Trinajstić information content (AvgIpc) is 2.65. The van der Waals surface area contributed by atoms with E-state index < -0.39 is 11.9 Å². The van der Waals surface area contributed by atoms with E-state index in [1.54, 1.807) is 18.2 Å². The Morgan fingerprint density at radius 2 is 1.94 bits per heavy atom. The lowest BCUT2D eigenvalue weighted by Crippen LogP contribution is -2.04. The van der Waals surface area contributed by atoms with Crippen LogP contribution in [0.5, 0.6) is 0 Å². The average molecular weight is 292 g/mol. The van der Waals surface area contributed by atoms with E-state index in [9.17, 15) is 13.2 Å². The Bertz CT molecular complexity index is 507. The minimum absolute atomic E-state index is 0.161. The van der Waals surface area contributed by atoms with Crippen LogP contribution >= 0.6 is 15.9 Å². The van der Waals surface area contributed by atoms with Gasteiger partial charge < -0.3 is 0 Å².